The molecule has 0 unspecified atom stereocenters. The Bertz CT molecular complexity index is 856. The van der Waals surface area contributed by atoms with Gasteiger partial charge in [0, 0.05) is 19.3 Å². The molecule has 128 valence electrons. The molecule has 3 aromatic rings. The number of rotatable bonds is 5. The Hall–Kier alpha value is -2.73. The topological polar surface area (TPSA) is 59.7 Å². The molecule has 3 heterocycles. The van der Waals surface area contributed by atoms with Crippen LogP contribution in [0.4, 0.5) is 0 Å². The maximum atomic E-state index is 13.1. The SMILES string of the molecule is O=C(c1ccc2nncn2c1)N(CCc1ccccc1)[C@@H]1CCOC1. The van der Waals surface area contributed by atoms with Gasteiger partial charge in [-0.25, -0.2) is 0 Å². The minimum atomic E-state index is 0.0297. The molecule has 0 spiro atoms. The zero-order chi connectivity index (χ0) is 17.1. The van der Waals surface area contributed by atoms with Crippen LogP contribution in [0.5, 0.6) is 0 Å². The third kappa shape index (κ3) is 3.39. The van der Waals surface area contributed by atoms with E-state index >= 15 is 0 Å². The summed E-state index contributed by atoms with van der Waals surface area (Å²) in [4.78, 5) is 15.1. The van der Waals surface area contributed by atoms with Gasteiger partial charge in [0.05, 0.1) is 18.2 Å². The molecule has 1 saturated heterocycles. The zero-order valence-electron chi connectivity index (χ0n) is 13.9. The van der Waals surface area contributed by atoms with Gasteiger partial charge in [0.25, 0.3) is 5.91 Å². The maximum Gasteiger partial charge on any atom is 0.255 e. The number of hydrogen-bond donors (Lipinski definition) is 0. The molecular weight excluding hydrogens is 316 g/mol. The van der Waals surface area contributed by atoms with E-state index in [9.17, 15) is 4.79 Å². The van der Waals surface area contributed by atoms with Gasteiger partial charge in [-0.1, -0.05) is 30.3 Å². The molecule has 6 heteroatoms. The summed E-state index contributed by atoms with van der Waals surface area (Å²) in [5.74, 6) is 0.0297. The number of hydrogen-bond acceptors (Lipinski definition) is 4. The van der Waals surface area contributed by atoms with Crippen LogP contribution < -0.4 is 0 Å². The van der Waals surface area contributed by atoms with Crippen LogP contribution in [0.15, 0.2) is 55.0 Å². The molecule has 2 aromatic heterocycles. The van der Waals surface area contributed by atoms with Crippen LogP contribution in [0.1, 0.15) is 22.3 Å². The number of nitrogens with zero attached hydrogens (tertiary/aromatic N) is 4. The van der Waals surface area contributed by atoms with Crippen LogP contribution in [-0.2, 0) is 11.2 Å². The van der Waals surface area contributed by atoms with E-state index in [0.717, 1.165) is 18.5 Å². The number of fused-ring (bicyclic) bond motifs is 1. The zero-order valence-corrected chi connectivity index (χ0v) is 13.9. The minimum absolute atomic E-state index is 0.0297. The summed E-state index contributed by atoms with van der Waals surface area (Å²) in [7, 11) is 0. The molecule has 1 aliphatic heterocycles. The van der Waals surface area contributed by atoms with E-state index in [1.165, 1.54) is 5.56 Å². The molecule has 0 bridgehead atoms. The van der Waals surface area contributed by atoms with Crippen LogP contribution in [0.2, 0.25) is 0 Å². The number of ether oxygens (including phenoxy) is 1. The number of aromatic nitrogens is 3. The monoisotopic (exact) mass is 336 g/mol. The van der Waals surface area contributed by atoms with E-state index < -0.39 is 0 Å². The first-order valence-corrected chi connectivity index (χ1v) is 8.53. The number of carbonyl (C=O) groups is 1. The van der Waals surface area contributed by atoms with Crippen LogP contribution in [0.25, 0.3) is 5.65 Å². The van der Waals surface area contributed by atoms with E-state index in [-0.39, 0.29) is 11.9 Å². The Morgan fingerprint density at radius 2 is 2.12 bits per heavy atom. The van der Waals surface area contributed by atoms with Crippen molar-refractivity contribution in [3.63, 3.8) is 0 Å². The molecule has 1 amide bonds. The summed E-state index contributed by atoms with van der Waals surface area (Å²) in [6, 6.07) is 14.0. The first kappa shape index (κ1) is 15.8. The van der Waals surface area contributed by atoms with Gasteiger partial charge in [-0.05, 0) is 30.5 Å². The van der Waals surface area contributed by atoms with Gasteiger partial charge in [0.1, 0.15) is 6.33 Å². The summed E-state index contributed by atoms with van der Waals surface area (Å²) < 4.78 is 7.29. The lowest BCUT2D eigenvalue weighted by molar-refractivity contribution is 0.0656. The molecule has 0 N–H and O–H groups in total. The predicted octanol–water partition coefficient (Wildman–Crippen LogP) is 2.20. The average molecular weight is 336 g/mol. The Labute approximate surface area is 146 Å². The second kappa shape index (κ2) is 7.03. The van der Waals surface area contributed by atoms with E-state index in [1.807, 2.05) is 35.2 Å². The van der Waals surface area contributed by atoms with Crippen molar-refractivity contribution in [3.8, 4) is 0 Å². The highest BCUT2D eigenvalue weighted by molar-refractivity contribution is 5.94. The fourth-order valence-electron chi connectivity index (χ4n) is 3.23. The smallest absolute Gasteiger partial charge is 0.255 e. The van der Waals surface area contributed by atoms with Crippen molar-refractivity contribution < 1.29 is 9.53 Å². The maximum absolute atomic E-state index is 13.1. The van der Waals surface area contributed by atoms with Crippen LogP contribution >= 0.6 is 0 Å². The lowest BCUT2D eigenvalue weighted by Crippen LogP contribution is -2.42. The standard InChI is InChI=1S/C19H20N4O2/c24-19(16-6-7-18-21-20-14-22(18)12-16)23(17-9-11-25-13-17)10-8-15-4-2-1-3-5-15/h1-7,12,14,17H,8-11,13H2/t17-/m1/s1. The van der Waals surface area contributed by atoms with E-state index in [4.69, 9.17) is 4.74 Å². The van der Waals surface area contributed by atoms with Crippen molar-refractivity contribution in [2.75, 3.05) is 19.8 Å². The first-order chi connectivity index (χ1) is 12.3. The van der Waals surface area contributed by atoms with Crippen molar-refractivity contribution in [1.29, 1.82) is 0 Å². The second-order valence-corrected chi connectivity index (χ2v) is 6.27. The van der Waals surface area contributed by atoms with Gasteiger partial charge < -0.3 is 9.64 Å². The van der Waals surface area contributed by atoms with Gasteiger partial charge in [0.2, 0.25) is 0 Å². The fraction of sp³-hybridized carbons (Fsp3) is 0.316. The molecule has 4 rings (SSSR count). The van der Waals surface area contributed by atoms with E-state index in [1.54, 1.807) is 16.9 Å². The van der Waals surface area contributed by atoms with Crippen LogP contribution in [0, 0.1) is 0 Å². The van der Waals surface area contributed by atoms with Crippen molar-refractivity contribution in [1.82, 2.24) is 19.5 Å². The fourth-order valence-corrected chi connectivity index (χ4v) is 3.23. The Kier molecular flexibility index (Phi) is 4.43. The number of amides is 1. The highest BCUT2D eigenvalue weighted by Crippen LogP contribution is 2.17. The highest BCUT2D eigenvalue weighted by Gasteiger charge is 2.28. The van der Waals surface area contributed by atoms with Crippen molar-refractivity contribution in [2.45, 2.75) is 18.9 Å². The summed E-state index contributed by atoms with van der Waals surface area (Å²) in [5.41, 5.74) is 2.61. The van der Waals surface area contributed by atoms with Gasteiger partial charge in [-0.3, -0.25) is 9.20 Å². The first-order valence-electron chi connectivity index (χ1n) is 8.53. The lowest BCUT2D eigenvalue weighted by atomic mass is 10.1. The molecule has 1 fully saturated rings. The molecule has 6 nitrogen and oxygen atoms in total. The van der Waals surface area contributed by atoms with Crippen molar-refractivity contribution in [3.05, 3.63) is 66.1 Å². The molecule has 0 saturated carbocycles. The average Bonchev–Trinajstić information content (AvgIpc) is 3.34. The summed E-state index contributed by atoms with van der Waals surface area (Å²) in [5, 5.41) is 7.85. The Morgan fingerprint density at radius 1 is 1.24 bits per heavy atom. The summed E-state index contributed by atoms with van der Waals surface area (Å²) in [6.45, 7) is 2.00. The van der Waals surface area contributed by atoms with Gasteiger partial charge in [0.15, 0.2) is 5.65 Å². The number of benzene rings is 1. The third-order valence-corrected chi connectivity index (χ3v) is 4.63. The molecule has 1 atom stereocenters. The Morgan fingerprint density at radius 3 is 2.92 bits per heavy atom. The summed E-state index contributed by atoms with van der Waals surface area (Å²) in [6.07, 6.45) is 5.12. The highest BCUT2D eigenvalue weighted by atomic mass is 16.5. The molecule has 25 heavy (non-hydrogen) atoms. The third-order valence-electron chi connectivity index (χ3n) is 4.63. The molecule has 0 aliphatic carbocycles. The van der Waals surface area contributed by atoms with Gasteiger partial charge in [-0.15, -0.1) is 10.2 Å². The quantitative estimate of drug-likeness (QED) is 0.717. The molecule has 1 aliphatic rings. The molecule has 1 aromatic carbocycles. The second-order valence-electron chi connectivity index (χ2n) is 6.27. The van der Waals surface area contributed by atoms with Gasteiger partial charge >= 0.3 is 0 Å². The van der Waals surface area contributed by atoms with Crippen LogP contribution in [0.3, 0.4) is 0 Å². The largest absolute Gasteiger partial charge is 0.379 e. The van der Waals surface area contributed by atoms with Crippen molar-refractivity contribution >= 4 is 11.6 Å². The Balaban J connectivity index is 1.56. The molecule has 0 radical (unpaired) electrons. The van der Waals surface area contributed by atoms with Crippen molar-refractivity contribution in [2.24, 2.45) is 0 Å². The minimum Gasteiger partial charge on any atom is -0.379 e. The van der Waals surface area contributed by atoms with E-state index in [2.05, 4.69) is 22.3 Å². The van der Waals surface area contributed by atoms with Crippen LogP contribution in [-0.4, -0.2) is 51.2 Å². The summed E-state index contributed by atoms with van der Waals surface area (Å²) >= 11 is 0. The molecular formula is C19H20N4O2. The normalized spacial score (nSPS) is 17.0. The lowest BCUT2D eigenvalue weighted by Gasteiger charge is -2.28. The predicted molar refractivity (Wildman–Crippen MR) is 93.4 cm³/mol. The number of carbonyl (C=O) groups excluding carboxylic acids is 1. The van der Waals surface area contributed by atoms with E-state index in [0.29, 0.717) is 25.3 Å². The number of pyridine rings is 1. The van der Waals surface area contributed by atoms with Gasteiger partial charge in [-0.2, -0.15) is 0 Å².